The zero-order chi connectivity index (χ0) is 17.6. The fraction of sp³-hybridized carbons (Fsp3) is 0.471. The molecule has 7 nitrogen and oxygen atoms in total. The van der Waals surface area contributed by atoms with Crippen LogP contribution >= 0.6 is 0 Å². The Morgan fingerprint density at radius 1 is 1.17 bits per heavy atom. The van der Waals surface area contributed by atoms with Crippen LogP contribution < -0.4 is 10.5 Å². The van der Waals surface area contributed by atoms with E-state index in [0.29, 0.717) is 6.61 Å². The molecule has 124 valence electrons. The molecule has 0 unspecified atom stereocenters. The fourth-order valence-electron chi connectivity index (χ4n) is 3.94. The molecule has 1 aliphatic heterocycles. The number of ether oxygens (including phenoxy) is 3. The van der Waals surface area contributed by atoms with Crippen LogP contribution in [-0.4, -0.2) is 32.6 Å². The van der Waals surface area contributed by atoms with Gasteiger partial charge in [-0.2, -0.15) is 10.5 Å². The van der Waals surface area contributed by atoms with Gasteiger partial charge in [0.1, 0.15) is 17.0 Å². The minimum atomic E-state index is -1.59. The molecule has 0 saturated heterocycles. The number of fused-ring (bicyclic) bond motifs is 1. The number of rotatable bonds is 5. The highest BCUT2D eigenvalue weighted by Gasteiger charge is 2.93. The van der Waals surface area contributed by atoms with Crippen molar-refractivity contribution in [3.05, 3.63) is 29.8 Å². The van der Waals surface area contributed by atoms with Gasteiger partial charge in [0.15, 0.2) is 5.41 Å². The lowest BCUT2D eigenvalue weighted by atomic mass is 9.93. The minimum absolute atomic E-state index is 0.0640. The van der Waals surface area contributed by atoms with Gasteiger partial charge < -0.3 is 19.9 Å². The monoisotopic (exact) mass is 326 g/mol. The lowest BCUT2D eigenvalue weighted by Crippen LogP contribution is -2.41. The predicted octanol–water partition coefficient (Wildman–Crippen LogP) is 1.52. The van der Waals surface area contributed by atoms with Gasteiger partial charge in [0.05, 0.1) is 18.7 Å². The van der Waals surface area contributed by atoms with Crippen LogP contribution in [0.15, 0.2) is 29.3 Å². The Labute approximate surface area is 140 Å². The highest BCUT2D eigenvalue weighted by atomic mass is 16.7. The molecule has 0 aromatic heterocycles. The first kappa shape index (κ1) is 16.3. The number of nitriles is 2. The highest BCUT2D eigenvalue weighted by Crippen LogP contribution is 2.81. The lowest BCUT2D eigenvalue weighted by molar-refractivity contribution is -0.230. The molecule has 3 rings (SSSR count). The maximum Gasteiger partial charge on any atom is 0.292 e. The number of benzene rings is 1. The van der Waals surface area contributed by atoms with Crippen LogP contribution in [0.5, 0.6) is 5.75 Å². The number of hydrogen-bond acceptors (Lipinski definition) is 7. The molecule has 24 heavy (non-hydrogen) atoms. The Balaban J connectivity index is 2.12. The SMILES string of the molecule is CCOc1ccc([C@@H]2[C@@]3(C#N)C(N)=NC(OC)(OC)[C@@]23C#N)cc1. The van der Waals surface area contributed by atoms with Gasteiger partial charge >= 0.3 is 0 Å². The minimum Gasteiger partial charge on any atom is -0.494 e. The molecular formula is C17H18N4O3. The molecule has 2 aliphatic rings. The summed E-state index contributed by atoms with van der Waals surface area (Å²) in [6.07, 6.45) is 0. The van der Waals surface area contributed by atoms with Crippen LogP contribution in [-0.2, 0) is 9.47 Å². The Morgan fingerprint density at radius 2 is 1.79 bits per heavy atom. The molecule has 1 fully saturated rings. The summed E-state index contributed by atoms with van der Waals surface area (Å²) in [7, 11) is 2.78. The summed E-state index contributed by atoms with van der Waals surface area (Å²) in [5, 5.41) is 19.8. The van der Waals surface area contributed by atoms with Crippen LogP contribution in [0.2, 0.25) is 0 Å². The van der Waals surface area contributed by atoms with Crippen molar-refractivity contribution in [2.45, 2.75) is 18.8 Å². The van der Waals surface area contributed by atoms with Crippen LogP contribution in [0.25, 0.3) is 0 Å². The molecule has 0 amide bonds. The van der Waals surface area contributed by atoms with Gasteiger partial charge in [-0.1, -0.05) is 12.1 Å². The molecule has 7 heteroatoms. The van der Waals surface area contributed by atoms with E-state index in [1.807, 2.05) is 19.1 Å². The Kier molecular flexibility index (Phi) is 3.52. The van der Waals surface area contributed by atoms with Gasteiger partial charge in [-0.3, -0.25) is 0 Å². The number of hydrogen-bond donors (Lipinski definition) is 1. The summed E-state index contributed by atoms with van der Waals surface area (Å²) in [4.78, 5) is 4.18. The summed E-state index contributed by atoms with van der Waals surface area (Å²) in [5.41, 5.74) is 4.25. The van der Waals surface area contributed by atoms with Crippen molar-refractivity contribution in [2.75, 3.05) is 20.8 Å². The van der Waals surface area contributed by atoms with E-state index < -0.39 is 22.7 Å². The third-order valence-corrected chi connectivity index (χ3v) is 5.01. The molecule has 1 aromatic carbocycles. The Hall–Kier alpha value is -2.61. The molecule has 0 radical (unpaired) electrons. The average molecular weight is 326 g/mol. The first-order valence-electron chi connectivity index (χ1n) is 7.55. The number of amidine groups is 1. The number of nitrogens with two attached hydrogens (primary N) is 1. The van der Waals surface area contributed by atoms with Crippen molar-refractivity contribution in [3.63, 3.8) is 0 Å². The fourth-order valence-corrected chi connectivity index (χ4v) is 3.94. The van der Waals surface area contributed by atoms with Gasteiger partial charge in [0.2, 0.25) is 0 Å². The topological polar surface area (TPSA) is 114 Å². The maximum atomic E-state index is 9.93. The van der Waals surface area contributed by atoms with Crippen LogP contribution in [0.1, 0.15) is 18.4 Å². The molecule has 3 atom stereocenters. The van der Waals surface area contributed by atoms with E-state index in [4.69, 9.17) is 19.9 Å². The standard InChI is InChI=1S/C17H18N4O3/c1-4-24-12-7-5-11(6-8-12)13-15(9-18)14(20)21-17(22-2,23-3)16(13,15)10-19/h5-8,13H,4H2,1-3H3,(H2,20,21)/t13-,15+,16+/m1/s1. The second kappa shape index (κ2) is 5.20. The maximum absolute atomic E-state index is 9.93. The van der Waals surface area contributed by atoms with Gasteiger partial charge in [-0.25, -0.2) is 4.99 Å². The van der Waals surface area contributed by atoms with Crippen molar-refractivity contribution < 1.29 is 14.2 Å². The van der Waals surface area contributed by atoms with Crippen LogP contribution in [0.4, 0.5) is 0 Å². The van der Waals surface area contributed by atoms with Crippen molar-refractivity contribution in [1.29, 1.82) is 10.5 Å². The summed E-state index contributed by atoms with van der Waals surface area (Å²) < 4.78 is 16.3. The normalized spacial score (nSPS) is 32.2. The van der Waals surface area contributed by atoms with Gasteiger partial charge in [-0.05, 0) is 24.6 Å². The second-order valence-corrected chi connectivity index (χ2v) is 5.76. The number of aliphatic imine (C=N–C) groups is 1. The lowest BCUT2D eigenvalue weighted by Gasteiger charge is -2.29. The van der Waals surface area contributed by atoms with Gasteiger partial charge in [0, 0.05) is 20.1 Å². The Bertz CT molecular complexity index is 773. The van der Waals surface area contributed by atoms with E-state index in [1.165, 1.54) is 14.2 Å². The average Bonchev–Trinajstić information content (AvgIpc) is 3.18. The van der Waals surface area contributed by atoms with Gasteiger partial charge in [0.25, 0.3) is 5.91 Å². The first-order chi connectivity index (χ1) is 11.5. The van der Waals surface area contributed by atoms with Crippen molar-refractivity contribution in [2.24, 2.45) is 21.6 Å². The molecule has 1 aromatic rings. The molecule has 1 saturated carbocycles. The highest BCUT2D eigenvalue weighted by molar-refractivity contribution is 6.00. The third kappa shape index (κ3) is 1.53. The van der Waals surface area contributed by atoms with Gasteiger partial charge in [-0.15, -0.1) is 0 Å². The molecule has 0 bridgehead atoms. The molecular weight excluding hydrogens is 308 g/mol. The summed E-state index contributed by atoms with van der Waals surface area (Å²) >= 11 is 0. The van der Waals surface area contributed by atoms with E-state index in [1.54, 1.807) is 12.1 Å². The van der Waals surface area contributed by atoms with E-state index in [0.717, 1.165) is 11.3 Å². The van der Waals surface area contributed by atoms with E-state index in [2.05, 4.69) is 17.1 Å². The van der Waals surface area contributed by atoms with E-state index in [-0.39, 0.29) is 5.84 Å². The molecule has 0 spiro atoms. The van der Waals surface area contributed by atoms with Crippen molar-refractivity contribution >= 4 is 5.84 Å². The molecule has 1 aliphatic carbocycles. The zero-order valence-corrected chi connectivity index (χ0v) is 13.7. The third-order valence-electron chi connectivity index (χ3n) is 5.01. The first-order valence-corrected chi connectivity index (χ1v) is 7.55. The largest absolute Gasteiger partial charge is 0.494 e. The quantitative estimate of drug-likeness (QED) is 0.821. The number of nitrogens with zero attached hydrogens (tertiary/aromatic N) is 3. The Morgan fingerprint density at radius 3 is 2.25 bits per heavy atom. The second-order valence-electron chi connectivity index (χ2n) is 5.76. The summed E-state index contributed by atoms with van der Waals surface area (Å²) in [6, 6.07) is 11.7. The zero-order valence-electron chi connectivity index (χ0n) is 13.7. The predicted molar refractivity (Wildman–Crippen MR) is 84.8 cm³/mol. The van der Waals surface area contributed by atoms with Crippen LogP contribution in [0.3, 0.4) is 0 Å². The van der Waals surface area contributed by atoms with E-state index >= 15 is 0 Å². The van der Waals surface area contributed by atoms with Crippen molar-refractivity contribution in [1.82, 2.24) is 0 Å². The smallest absolute Gasteiger partial charge is 0.292 e. The molecule has 1 heterocycles. The molecule has 2 N–H and O–H groups in total. The summed E-state index contributed by atoms with van der Waals surface area (Å²) in [5.74, 6) is -1.30. The summed E-state index contributed by atoms with van der Waals surface area (Å²) in [6.45, 7) is 2.46. The van der Waals surface area contributed by atoms with E-state index in [9.17, 15) is 10.5 Å². The number of methoxy groups -OCH3 is 2. The van der Waals surface area contributed by atoms with Crippen molar-refractivity contribution in [3.8, 4) is 17.9 Å². The van der Waals surface area contributed by atoms with Crippen LogP contribution in [0, 0.1) is 33.5 Å².